The molecule has 0 radical (unpaired) electrons. The van der Waals surface area contributed by atoms with Gasteiger partial charge in [-0.15, -0.1) is 24.8 Å². The summed E-state index contributed by atoms with van der Waals surface area (Å²) < 4.78 is 0. The van der Waals surface area contributed by atoms with E-state index in [1.165, 1.54) is 32.1 Å². The first kappa shape index (κ1) is 23.7. The van der Waals surface area contributed by atoms with Crippen LogP contribution in [0.3, 0.4) is 0 Å². The number of fused-ring (bicyclic) bond motifs is 1. The summed E-state index contributed by atoms with van der Waals surface area (Å²) in [4.78, 5) is 15.3. The van der Waals surface area contributed by atoms with Gasteiger partial charge in [0.1, 0.15) is 0 Å². The second-order valence-electron chi connectivity index (χ2n) is 7.77. The van der Waals surface area contributed by atoms with Crippen molar-refractivity contribution in [2.45, 2.75) is 57.7 Å². The highest BCUT2D eigenvalue weighted by molar-refractivity contribution is 6.04. The van der Waals surface area contributed by atoms with E-state index in [0.717, 1.165) is 42.0 Å². The summed E-state index contributed by atoms with van der Waals surface area (Å²) in [7, 11) is 2.20. The van der Waals surface area contributed by atoms with Crippen molar-refractivity contribution >= 4 is 36.4 Å². The standard InChI is InChI=1S/C21H29N5O.2ClH/c1-26(16-8-3-2-4-9-16)14-15-7-5-6-10-18(15)23-21(27)20-17-13-22-12-11-19(17)24-25-20;;/h5-7,10,16,22H,2-4,8-9,11-14H2,1H3,(H,23,27)(H,24,25);2*1H. The largest absolute Gasteiger partial charge is 0.320 e. The molecule has 1 aromatic carbocycles. The van der Waals surface area contributed by atoms with E-state index in [1.807, 2.05) is 18.2 Å². The van der Waals surface area contributed by atoms with Gasteiger partial charge in [-0.25, -0.2) is 0 Å². The molecule has 0 atom stereocenters. The zero-order chi connectivity index (χ0) is 18.6. The van der Waals surface area contributed by atoms with Crippen molar-refractivity contribution in [2.75, 3.05) is 18.9 Å². The number of para-hydroxylation sites is 1. The van der Waals surface area contributed by atoms with Gasteiger partial charge in [-0.05, 0) is 31.5 Å². The Bertz CT molecular complexity index is 804. The van der Waals surface area contributed by atoms with Crippen LogP contribution < -0.4 is 10.6 Å². The highest BCUT2D eigenvalue weighted by atomic mass is 35.5. The average Bonchev–Trinajstić information content (AvgIpc) is 3.14. The smallest absolute Gasteiger partial charge is 0.276 e. The first-order valence-corrected chi connectivity index (χ1v) is 10.1. The Morgan fingerprint density at radius 2 is 1.97 bits per heavy atom. The van der Waals surface area contributed by atoms with Gasteiger partial charge >= 0.3 is 0 Å². The molecule has 160 valence electrons. The molecule has 2 aromatic rings. The van der Waals surface area contributed by atoms with Gasteiger partial charge in [0, 0.05) is 49.0 Å². The van der Waals surface area contributed by atoms with Gasteiger partial charge in [0.2, 0.25) is 0 Å². The summed E-state index contributed by atoms with van der Waals surface area (Å²) in [6, 6.07) is 8.75. The van der Waals surface area contributed by atoms with E-state index >= 15 is 0 Å². The molecule has 3 N–H and O–H groups in total. The Labute approximate surface area is 185 Å². The number of nitrogens with zero attached hydrogens (tertiary/aromatic N) is 2. The van der Waals surface area contributed by atoms with Crippen LogP contribution >= 0.6 is 24.8 Å². The van der Waals surface area contributed by atoms with Gasteiger partial charge in [-0.2, -0.15) is 5.10 Å². The first-order chi connectivity index (χ1) is 13.2. The molecular formula is C21H31Cl2N5O. The first-order valence-electron chi connectivity index (χ1n) is 10.1. The fraction of sp³-hybridized carbons (Fsp3) is 0.524. The number of carbonyl (C=O) groups excluding carboxylic acids is 1. The zero-order valence-electron chi connectivity index (χ0n) is 16.9. The SMILES string of the molecule is CN(Cc1ccccc1NC(=O)c1n[nH]c2c1CNCC2)C1CCCCC1.Cl.Cl. The Hall–Kier alpha value is -1.60. The maximum Gasteiger partial charge on any atom is 0.276 e. The monoisotopic (exact) mass is 439 g/mol. The average molecular weight is 440 g/mol. The normalized spacial score (nSPS) is 16.5. The lowest BCUT2D eigenvalue weighted by Crippen LogP contribution is -2.33. The molecule has 1 fully saturated rings. The summed E-state index contributed by atoms with van der Waals surface area (Å²) >= 11 is 0. The van der Waals surface area contributed by atoms with Crippen LogP contribution in [0.4, 0.5) is 5.69 Å². The minimum absolute atomic E-state index is 0. The number of carbonyl (C=O) groups is 1. The molecule has 0 bridgehead atoms. The van der Waals surface area contributed by atoms with E-state index in [9.17, 15) is 4.79 Å². The molecule has 1 aliphatic heterocycles. The summed E-state index contributed by atoms with van der Waals surface area (Å²) in [5.74, 6) is -0.135. The van der Waals surface area contributed by atoms with E-state index in [0.29, 0.717) is 18.3 Å². The number of amides is 1. The fourth-order valence-corrected chi connectivity index (χ4v) is 4.29. The number of halogens is 2. The van der Waals surface area contributed by atoms with Crippen LogP contribution in [0.2, 0.25) is 0 Å². The van der Waals surface area contributed by atoms with Crippen LogP contribution in [-0.2, 0) is 19.5 Å². The number of rotatable bonds is 5. The molecule has 0 spiro atoms. The number of benzene rings is 1. The second kappa shape index (κ2) is 11.0. The number of hydrogen-bond donors (Lipinski definition) is 3. The van der Waals surface area contributed by atoms with Crippen LogP contribution in [0.5, 0.6) is 0 Å². The van der Waals surface area contributed by atoms with E-state index in [4.69, 9.17) is 0 Å². The molecule has 0 unspecified atom stereocenters. The molecule has 1 aliphatic carbocycles. The van der Waals surface area contributed by atoms with Crippen molar-refractivity contribution in [3.05, 3.63) is 46.8 Å². The van der Waals surface area contributed by atoms with Crippen LogP contribution in [-0.4, -0.2) is 40.6 Å². The van der Waals surface area contributed by atoms with Crippen molar-refractivity contribution in [3.63, 3.8) is 0 Å². The molecule has 0 saturated heterocycles. The zero-order valence-corrected chi connectivity index (χ0v) is 18.5. The Morgan fingerprint density at radius 1 is 1.21 bits per heavy atom. The van der Waals surface area contributed by atoms with Gasteiger partial charge in [0.25, 0.3) is 5.91 Å². The molecule has 1 amide bonds. The van der Waals surface area contributed by atoms with Crippen molar-refractivity contribution in [3.8, 4) is 0 Å². The molecule has 8 heteroatoms. The summed E-state index contributed by atoms with van der Waals surface area (Å²) in [6.07, 6.45) is 7.45. The van der Waals surface area contributed by atoms with Gasteiger partial charge in [-0.1, -0.05) is 37.5 Å². The third-order valence-electron chi connectivity index (χ3n) is 5.90. The summed E-state index contributed by atoms with van der Waals surface area (Å²) in [5.41, 5.74) is 4.61. The van der Waals surface area contributed by atoms with Crippen molar-refractivity contribution in [2.24, 2.45) is 0 Å². The van der Waals surface area contributed by atoms with Gasteiger partial charge in [-0.3, -0.25) is 14.8 Å². The number of anilines is 1. The Morgan fingerprint density at radius 3 is 2.76 bits per heavy atom. The van der Waals surface area contributed by atoms with Crippen LogP contribution in [0.1, 0.15) is 59.4 Å². The van der Waals surface area contributed by atoms with Gasteiger partial charge < -0.3 is 10.6 Å². The van der Waals surface area contributed by atoms with E-state index in [1.54, 1.807) is 0 Å². The summed E-state index contributed by atoms with van der Waals surface area (Å²) in [5, 5.41) is 13.7. The highest BCUT2D eigenvalue weighted by Gasteiger charge is 2.23. The molecule has 29 heavy (non-hydrogen) atoms. The maximum absolute atomic E-state index is 12.9. The van der Waals surface area contributed by atoms with E-state index < -0.39 is 0 Å². The number of aromatic amines is 1. The fourth-order valence-electron chi connectivity index (χ4n) is 4.29. The van der Waals surface area contributed by atoms with E-state index in [2.05, 4.69) is 38.8 Å². The lowest BCUT2D eigenvalue weighted by atomic mass is 9.94. The minimum atomic E-state index is -0.135. The lowest BCUT2D eigenvalue weighted by molar-refractivity contribution is 0.102. The maximum atomic E-state index is 12.9. The van der Waals surface area contributed by atoms with E-state index in [-0.39, 0.29) is 30.7 Å². The predicted octanol–water partition coefficient (Wildman–Crippen LogP) is 3.92. The predicted molar refractivity (Wildman–Crippen MR) is 121 cm³/mol. The molecular weight excluding hydrogens is 409 g/mol. The Balaban J connectivity index is 0.00000150. The molecule has 2 heterocycles. The third kappa shape index (κ3) is 5.51. The van der Waals surface area contributed by atoms with Gasteiger partial charge in [0.15, 0.2) is 5.69 Å². The highest BCUT2D eigenvalue weighted by Crippen LogP contribution is 2.25. The van der Waals surface area contributed by atoms with Crippen LogP contribution in [0.15, 0.2) is 24.3 Å². The van der Waals surface area contributed by atoms with Crippen molar-refractivity contribution < 1.29 is 4.79 Å². The van der Waals surface area contributed by atoms with Crippen LogP contribution in [0.25, 0.3) is 0 Å². The van der Waals surface area contributed by atoms with Crippen LogP contribution in [0, 0.1) is 0 Å². The molecule has 2 aliphatic rings. The number of nitrogens with one attached hydrogen (secondary N) is 3. The molecule has 4 rings (SSSR count). The third-order valence-corrected chi connectivity index (χ3v) is 5.90. The molecule has 1 aromatic heterocycles. The Kier molecular flexibility index (Phi) is 8.96. The van der Waals surface area contributed by atoms with Crippen molar-refractivity contribution in [1.29, 1.82) is 0 Å². The number of H-pyrrole nitrogens is 1. The molecule has 6 nitrogen and oxygen atoms in total. The summed E-state index contributed by atoms with van der Waals surface area (Å²) in [6.45, 7) is 2.47. The number of hydrogen-bond acceptors (Lipinski definition) is 4. The minimum Gasteiger partial charge on any atom is -0.320 e. The van der Waals surface area contributed by atoms with Crippen molar-refractivity contribution in [1.82, 2.24) is 20.4 Å². The second-order valence-corrected chi connectivity index (χ2v) is 7.77. The number of aromatic nitrogens is 2. The molecule has 1 saturated carbocycles. The quantitative estimate of drug-likeness (QED) is 0.659. The lowest BCUT2D eigenvalue weighted by Gasteiger charge is -2.31. The topological polar surface area (TPSA) is 73.0 Å². The van der Waals surface area contributed by atoms with Gasteiger partial charge in [0.05, 0.1) is 0 Å².